The van der Waals surface area contributed by atoms with Gasteiger partial charge < -0.3 is 24.8 Å². The normalized spacial score (nSPS) is 4.88. The van der Waals surface area contributed by atoms with E-state index in [4.69, 9.17) is 11.6 Å². The Kier molecular flexibility index (Phi) is 20.2. The second kappa shape index (κ2) is 10.3. The highest BCUT2D eigenvalue weighted by atomic mass is 35.5. The Hall–Kier alpha value is 0.250. The molecule has 5 heteroatoms. The molecule has 0 saturated carbocycles. The minimum Gasteiger partial charge on any atom is -1.00 e. The summed E-state index contributed by atoms with van der Waals surface area (Å²) in [6.45, 7) is 0. The van der Waals surface area contributed by atoms with Gasteiger partial charge in [-0.05, 0) is 0 Å². The van der Waals surface area contributed by atoms with Crippen LogP contribution in [0.2, 0.25) is 0 Å². The van der Waals surface area contributed by atoms with Crippen LogP contribution >= 0.6 is 11.6 Å². The van der Waals surface area contributed by atoms with Crippen LogP contribution in [0.25, 0.3) is 0 Å². The SMILES string of the molecule is C[N+](C)=[N+]=CCl.[Cl-].[Cl-]. The van der Waals surface area contributed by atoms with Crippen LogP contribution in [0.5, 0.6) is 0 Å². The molecule has 0 radical (unpaired) electrons. The van der Waals surface area contributed by atoms with Crippen LogP contribution in [0, 0.1) is 0 Å². The van der Waals surface area contributed by atoms with Crippen LogP contribution in [-0.2, 0) is 0 Å². The van der Waals surface area contributed by atoms with Crippen molar-refractivity contribution in [2.75, 3.05) is 14.1 Å². The molecule has 0 aromatic rings. The molecular weight excluding hydrogens is 170 g/mol. The molecule has 0 aromatic carbocycles. The standard InChI is InChI=1S/C3H7ClN2.2ClH/c1-6(2)5-3-4;;/h3H,1-2H3;2*1H/q+2;;/p-2. The maximum Gasteiger partial charge on any atom is 0.443 e. The van der Waals surface area contributed by atoms with E-state index < -0.39 is 0 Å². The molecule has 0 spiro atoms. The summed E-state index contributed by atoms with van der Waals surface area (Å²) in [5.41, 5.74) is 1.22. The number of halogens is 3. The number of rotatable bonds is 0. The van der Waals surface area contributed by atoms with Gasteiger partial charge in [0.2, 0.25) is 18.9 Å². The van der Waals surface area contributed by atoms with Gasteiger partial charge in [-0.15, -0.1) is 0 Å². The lowest BCUT2D eigenvalue weighted by Crippen LogP contribution is -3.00. The van der Waals surface area contributed by atoms with E-state index in [0.717, 1.165) is 0 Å². The van der Waals surface area contributed by atoms with E-state index in [9.17, 15) is 0 Å². The summed E-state index contributed by atoms with van der Waals surface area (Å²) in [7, 11) is 3.61. The number of hydrogen-bond acceptors (Lipinski definition) is 0. The summed E-state index contributed by atoms with van der Waals surface area (Å²) in [6.07, 6.45) is 0. The summed E-state index contributed by atoms with van der Waals surface area (Å²) in [5.74, 6) is 0. The van der Waals surface area contributed by atoms with Crippen LogP contribution in [0.1, 0.15) is 0 Å². The van der Waals surface area contributed by atoms with Crippen LogP contribution < -0.4 is 24.8 Å². The molecule has 0 aliphatic carbocycles. The summed E-state index contributed by atoms with van der Waals surface area (Å²) in [5, 5.41) is 0. The third kappa shape index (κ3) is 16.3. The van der Waals surface area contributed by atoms with E-state index in [2.05, 4.69) is 4.79 Å². The second-order valence-corrected chi connectivity index (χ2v) is 1.26. The summed E-state index contributed by atoms with van der Waals surface area (Å²) < 4.78 is 1.62. The van der Waals surface area contributed by atoms with E-state index in [1.165, 1.54) is 5.67 Å². The molecule has 8 heavy (non-hydrogen) atoms. The molecule has 0 aliphatic heterocycles. The molecular formula is C3H7Cl3N2. The van der Waals surface area contributed by atoms with Crippen LogP contribution in [0.4, 0.5) is 0 Å². The van der Waals surface area contributed by atoms with Crippen LogP contribution in [0.3, 0.4) is 0 Å². The molecule has 0 saturated heterocycles. The highest BCUT2D eigenvalue weighted by Crippen LogP contribution is 1.48. The third-order valence-electron chi connectivity index (χ3n) is 0.275. The first kappa shape index (κ1) is 15.7. The summed E-state index contributed by atoms with van der Waals surface area (Å²) in [4.78, 5) is 3.60. The van der Waals surface area contributed by atoms with Gasteiger partial charge in [-0.1, -0.05) is 0 Å². The zero-order chi connectivity index (χ0) is 4.99. The molecule has 0 aliphatic rings. The Morgan fingerprint density at radius 2 is 1.75 bits per heavy atom. The fraction of sp³-hybridized carbons (Fsp3) is 0.667. The van der Waals surface area contributed by atoms with Gasteiger partial charge in [0.1, 0.15) is 0 Å². The van der Waals surface area contributed by atoms with Gasteiger partial charge >= 0.3 is 5.67 Å². The highest BCUT2D eigenvalue weighted by Gasteiger charge is 1.83. The average Bonchev–Trinajstić information content (AvgIpc) is 1.35. The molecule has 0 N–H and O–H groups in total. The van der Waals surface area contributed by atoms with E-state index in [0.29, 0.717) is 0 Å². The molecule has 0 heterocycles. The van der Waals surface area contributed by atoms with Gasteiger partial charge in [-0.2, -0.15) is 0 Å². The largest absolute Gasteiger partial charge is 1.00 e. The average molecular weight is 177 g/mol. The minimum atomic E-state index is 0. The van der Waals surface area contributed by atoms with Gasteiger partial charge in [0.05, 0.1) is 4.70 Å². The Morgan fingerprint density at radius 1 is 1.38 bits per heavy atom. The first-order valence-electron chi connectivity index (χ1n) is 1.57. The Balaban J connectivity index is -0.000000125. The number of hydrogen-bond donors (Lipinski definition) is 0. The van der Waals surface area contributed by atoms with Gasteiger partial charge in [0.15, 0.2) is 0 Å². The molecule has 0 aromatic heterocycles. The van der Waals surface area contributed by atoms with Crippen molar-refractivity contribution in [3.8, 4) is 0 Å². The fourth-order valence-corrected chi connectivity index (χ4v) is 0.262. The van der Waals surface area contributed by atoms with Crippen molar-refractivity contribution in [3.63, 3.8) is 0 Å². The lowest BCUT2D eigenvalue weighted by atomic mass is 11.2. The fourth-order valence-electron chi connectivity index (χ4n) is 0.0873. The summed E-state index contributed by atoms with van der Waals surface area (Å²) >= 11 is 5.06. The highest BCUT2D eigenvalue weighted by molar-refractivity contribution is 6.54. The van der Waals surface area contributed by atoms with Crippen LogP contribution in [-0.4, -0.2) is 29.3 Å². The predicted molar refractivity (Wildman–Crippen MR) is 24.3 cm³/mol. The topological polar surface area (TPSA) is 17.1 Å². The molecule has 2 nitrogen and oxygen atoms in total. The second-order valence-electron chi connectivity index (χ2n) is 1.06. The first-order chi connectivity index (χ1) is 2.77. The van der Waals surface area contributed by atoms with E-state index in [-0.39, 0.29) is 24.8 Å². The van der Waals surface area contributed by atoms with E-state index >= 15 is 0 Å². The molecule has 0 atom stereocenters. The zero-order valence-corrected chi connectivity index (χ0v) is 6.87. The Labute approximate surface area is 66.1 Å². The quantitative estimate of drug-likeness (QED) is 0.152. The minimum absolute atomic E-state index is 0. The molecule has 0 rings (SSSR count). The Bertz CT molecular complexity index is 90.7. The number of nitrogens with zero attached hydrogens (tertiary/aromatic N) is 2. The lowest BCUT2D eigenvalue weighted by molar-refractivity contribution is -0.809. The van der Waals surface area contributed by atoms with Crippen molar-refractivity contribution < 1.29 is 34.3 Å². The lowest BCUT2D eigenvalue weighted by Gasteiger charge is -1.48. The first-order valence-corrected chi connectivity index (χ1v) is 2.01. The van der Waals surface area contributed by atoms with Crippen LogP contribution in [0.15, 0.2) is 0 Å². The van der Waals surface area contributed by atoms with Gasteiger partial charge in [-0.25, -0.2) is 0 Å². The summed E-state index contributed by atoms with van der Waals surface area (Å²) in [6, 6.07) is 0. The van der Waals surface area contributed by atoms with Crippen molar-refractivity contribution in [3.05, 3.63) is 0 Å². The Morgan fingerprint density at radius 3 is 1.75 bits per heavy atom. The van der Waals surface area contributed by atoms with E-state index in [1.54, 1.807) is 18.8 Å². The van der Waals surface area contributed by atoms with Crippen molar-refractivity contribution in [1.82, 2.24) is 0 Å². The van der Waals surface area contributed by atoms with Gasteiger partial charge in [0.25, 0.3) is 0 Å². The molecule has 0 unspecified atom stereocenters. The van der Waals surface area contributed by atoms with E-state index in [1.807, 2.05) is 0 Å². The monoisotopic (exact) mass is 176 g/mol. The molecule has 0 bridgehead atoms. The third-order valence-corrected chi connectivity index (χ3v) is 0.362. The zero-order valence-electron chi connectivity index (χ0n) is 4.61. The maximum absolute atomic E-state index is 5.06. The smallest absolute Gasteiger partial charge is 0.443 e. The van der Waals surface area contributed by atoms with Crippen molar-refractivity contribution >= 4 is 17.3 Å². The molecule has 0 fully saturated rings. The van der Waals surface area contributed by atoms with Crippen molar-refractivity contribution in [2.24, 2.45) is 0 Å². The van der Waals surface area contributed by atoms with Crippen molar-refractivity contribution in [2.45, 2.75) is 0 Å². The predicted octanol–water partition coefficient (Wildman–Crippen LogP) is -5.81. The maximum atomic E-state index is 5.06. The van der Waals surface area contributed by atoms with Gasteiger partial charge in [-0.3, -0.25) is 0 Å². The molecule has 50 valence electrons. The van der Waals surface area contributed by atoms with Gasteiger partial charge in [0, 0.05) is 11.6 Å². The van der Waals surface area contributed by atoms with Crippen molar-refractivity contribution in [1.29, 1.82) is 0 Å². The molecule has 0 amide bonds.